The van der Waals surface area contributed by atoms with Crippen molar-refractivity contribution in [2.75, 3.05) is 40.3 Å². The highest BCUT2D eigenvalue weighted by Crippen LogP contribution is 2.34. The number of nitrogens with zero attached hydrogens (tertiary/aromatic N) is 5. The highest BCUT2D eigenvalue weighted by molar-refractivity contribution is 5.81. The standard InChI is InChI=1S/C15H26N6/c1-19-9-4-5-12(11-17-15-16-8-10-20(15)2)14(19)13-6-7-18-21(13)3/h6-7,12,14H,4-5,8-11H2,1-3H3,(H,16,17)/t12-,14+/m0/s1. The zero-order valence-electron chi connectivity index (χ0n) is 13.3. The molecule has 0 unspecified atom stereocenters. The van der Waals surface area contributed by atoms with Crippen molar-refractivity contribution in [3.05, 3.63) is 18.0 Å². The van der Waals surface area contributed by atoms with Gasteiger partial charge in [-0.25, -0.2) is 0 Å². The van der Waals surface area contributed by atoms with Crippen LogP contribution < -0.4 is 5.32 Å². The van der Waals surface area contributed by atoms with Gasteiger partial charge in [0.1, 0.15) is 0 Å². The lowest BCUT2D eigenvalue weighted by molar-refractivity contribution is 0.115. The van der Waals surface area contributed by atoms with E-state index in [0.717, 1.165) is 32.1 Å². The Kier molecular flexibility index (Phi) is 4.14. The van der Waals surface area contributed by atoms with Crippen molar-refractivity contribution in [2.45, 2.75) is 18.9 Å². The maximum atomic E-state index is 4.53. The third-order valence-electron chi connectivity index (χ3n) is 4.75. The van der Waals surface area contributed by atoms with Crippen LogP contribution in [0.15, 0.2) is 17.3 Å². The molecule has 0 amide bonds. The van der Waals surface area contributed by atoms with Crippen LogP contribution >= 0.6 is 0 Å². The van der Waals surface area contributed by atoms with Gasteiger partial charge < -0.3 is 10.2 Å². The van der Waals surface area contributed by atoms with Crippen molar-refractivity contribution in [2.24, 2.45) is 18.0 Å². The lowest BCUT2D eigenvalue weighted by atomic mass is 9.87. The van der Waals surface area contributed by atoms with Crippen LogP contribution in [0.1, 0.15) is 24.6 Å². The van der Waals surface area contributed by atoms with Crippen LogP contribution in [0.4, 0.5) is 0 Å². The number of piperidine rings is 1. The Labute approximate surface area is 126 Å². The molecule has 2 atom stereocenters. The Hall–Kier alpha value is -1.56. The van der Waals surface area contributed by atoms with E-state index in [-0.39, 0.29) is 0 Å². The summed E-state index contributed by atoms with van der Waals surface area (Å²) in [7, 11) is 6.37. The number of aliphatic imine (C=N–C) groups is 1. The number of nitrogens with one attached hydrogen (secondary N) is 1. The molecular formula is C15H26N6. The summed E-state index contributed by atoms with van der Waals surface area (Å²) in [5.41, 5.74) is 1.31. The summed E-state index contributed by atoms with van der Waals surface area (Å²) in [4.78, 5) is 9.19. The fourth-order valence-electron chi connectivity index (χ4n) is 3.56. The predicted molar refractivity (Wildman–Crippen MR) is 84.2 cm³/mol. The van der Waals surface area contributed by atoms with Gasteiger partial charge in [-0.05, 0) is 38.4 Å². The summed E-state index contributed by atoms with van der Waals surface area (Å²) in [5, 5.41) is 7.90. The predicted octanol–water partition coefficient (Wildman–Crippen LogP) is 0.694. The molecule has 3 heterocycles. The molecule has 1 saturated heterocycles. The third-order valence-corrected chi connectivity index (χ3v) is 4.75. The Morgan fingerprint density at radius 2 is 2.14 bits per heavy atom. The molecule has 1 fully saturated rings. The van der Waals surface area contributed by atoms with Crippen molar-refractivity contribution in [3.8, 4) is 0 Å². The lowest BCUT2D eigenvalue weighted by Crippen LogP contribution is -2.44. The Bertz CT molecular complexity index is 508. The van der Waals surface area contributed by atoms with Crippen molar-refractivity contribution in [1.82, 2.24) is 24.9 Å². The second kappa shape index (κ2) is 6.05. The van der Waals surface area contributed by atoms with Gasteiger partial charge in [-0.15, -0.1) is 0 Å². The molecule has 1 N–H and O–H groups in total. The van der Waals surface area contributed by atoms with Gasteiger partial charge in [-0.2, -0.15) is 5.10 Å². The molecule has 1 aromatic heterocycles. The fraction of sp³-hybridized carbons (Fsp3) is 0.733. The summed E-state index contributed by atoms with van der Waals surface area (Å²) >= 11 is 0. The maximum Gasteiger partial charge on any atom is 0.193 e. The number of rotatable bonds is 3. The number of likely N-dealkylation sites (N-methyl/N-ethyl adjacent to an activating group) is 1. The van der Waals surface area contributed by atoms with Crippen molar-refractivity contribution < 1.29 is 0 Å². The van der Waals surface area contributed by atoms with Gasteiger partial charge in [0, 0.05) is 33.4 Å². The number of likely N-dealkylation sites (tertiary alicyclic amines) is 1. The second-order valence-corrected chi connectivity index (χ2v) is 6.22. The van der Waals surface area contributed by atoms with E-state index < -0.39 is 0 Å². The van der Waals surface area contributed by atoms with Crippen LogP contribution in [0.25, 0.3) is 0 Å². The summed E-state index contributed by atoms with van der Waals surface area (Å²) in [6.07, 6.45) is 4.42. The summed E-state index contributed by atoms with van der Waals surface area (Å²) in [6.45, 7) is 4.07. The molecule has 6 heteroatoms. The van der Waals surface area contributed by atoms with Gasteiger partial charge in [0.05, 0.1) is 18.3 Å². The van der Waals surface area contributed by atoms with Gasteiger partial charge in [0.25, 0.3) is 0 Å². The molecule has 0 saturated carbocycles. The van der Waals surface area contributed by atoms with Gasteiger partial charge in [-0.3, -0.25) is 14.6 Å². The molecule has 0 bridgehead atoms. The Balaban J connectivity index is 1.71. The third kappa shape index (κ3) is 2.90. The van der Waals surface area contributed by atoms with Gasteiger partial charge in [-0.1, -0.05) is 0 Å². The van der Waals surface area contributed by atoms with E-state index in [1.54, 1.807) is 0 Å². The van der Waals surface area contributed by atoms with Crippen LogP contribution in [0, 0.1) is 5.92 Å². The van der Waals surface area contributed by atoms with Crippen LogP contribution in [-0.4, -0.2) is 65.8 Å². The smallest absolute Gasteiger partial charge is 0.193 e. The van der Waals surface area contributed by atoms with E-state index in [1.807, 2.05) is 17.9 Å². The molecule has 1 aromatic rings. The summed E-state index contributed by atoms with van der Waals surface area (Å²) in [5.74, 6) is 1.64. The zero-order chi connectivity index (χ0) is 14.8. The number of guanidine groups is 1. The quantitative estimate of drug-likeness (QED) is 0.890. The van der Waals surface area contributed by atoms with E-state index in [9.17, 15) is 0 Å². The number of hydrogen-bond donors (Lipinski definition) is 1. The first-order valence-corrected chi connectivity index (χ1v) is 7.84. The van der Waals surface area contributed by atoms with E-state index in [2.05, 4.69) is 45.4 Å². The molecular weight excluding hydrogens is 264 g/mol. The first-order valence-electron chi connectivity index (χ1n) is 7.84. The highest BCUT2D eigenvalue weighted by Gasteiger charge is 2.32. The molecule has 0 aliphatic carbocycles. The molecule has 0 aromatic carbocycles. The van der Waals surface area contributed by atoms with Gasteiger partial charge in [0.15, 0.2) is 5.96 Å². The summed E-state index contributed by atoms with van der Waals surface area (Å²) < 4.78 is 2.01. The van der Waals surface area contributed by atoms with Crippen LogP contribution in [0.5, 0.6) is 0 Å². The number of aryl methyl sites for hydroxylation is 1. The average molecular weight is 290 g/mol. The minimum atomic E-state index is 0.436. The molecule has 21 heavy (non-hydrogen) atoms. The normalized spacial score (nSPS) is 27.0. The summed E-state index contributed by atoms with van der Waals surface area (Å²) in [6, 6.07) is 2.59. The van der Waals surface area contributed by atoms with E-state index in [4.69, 9.17) is 0 Å². The molecule has 3 rings (SSSR count). The minimum absolute atomic E-state index is 0.436. The first kappa shape index (κ1) is 14.4. The highest BCUT2D eigenvalue weighted by atomic mass is 15.3. The maximum absolute atomic E-state index is 4.53. The molecule has 6 nitrogen and oxygen atoms in total. The SMILES string of the molecule is CN1CCN=C1NC[C@@H]1CCCN(C)[C@H]1c1ccnn1C. The fourth-order valence-corrected chi connectivity index (χ4v) is 3.56. The molecule has 0 spiro atoms. The Morgan fingerprint density at radius 1 is 1.29 bits per heavy atom. The average Bonchev–Trinajstić information content (AvgIpc) is 3.05. The number of aromatic nitrogens is 2. The number of hydrogen-bond acceptors (Lipinski definition) is 5. The van der Waals surface area contributed by atoms with Gasteiger partial charge in [0.2, 0.25) is 0 Å². The molecule has 0 radical (unpaired) electrons. The Morgan fingerprint density at radius 3 is 2.81 bits per heavy atom. The molecule has 2 aliphatic heterocycles. The monoisotopic (exact) mass is 290 g/mol. The topological polar surface area (TPSA) is 48.7 Å². The molecule has 2 aliphatic rings. The zero-order valence-corrected chi connectivity index (χ0v) is 13.3. The van der Waals surface area contributed by atoms with Crippen LogP contribution in [-0.2, 0) is 7.05 Å². The molecule has 116 valence electrons. The first-order chi connectivity index (χ1) is 10.2. The van der Waals surface area contributed by atoms with E-state index >= 15 is 0 Å². The van der Waals surface area contributed by atoms with Crippen LogP contribution in [0.2, 0.25) is 0 Å². The van der Waals surface area contributed by atoms with E-state index in [0.29, 0.717) is 12.0 Å². The minimum Gasteiger partial charge on any atom is -0.356 e. The van der Waals surface area contributed by atoms with E-state index in [1.165, 1.54) is 18.5 Å². The van der Waals surface area contributed by atoms with Gasteiger partial charge >= 0.3 is 0 Å². The van der Waals surface area contributed by atoms with Crippen LogP contribution in [0.3, 0.4) is 0 Å². The van der Waals surface area contributed by atoms with Crippen molar-refractivity contribution >= 4 is 5.96 Å². The van der Waals surface area contributed by atoms with Crippen molar-refractivity contribution in [3.63, 3.8) is 0 Å². The van der Waals surface area contributed by atoms with Crippen molar-refractivity contribution in [1.29, 1.82) is 0 Å². The largest absolute Gasteiger partial charge is 0.356 e. The second-order valence-electron chi connectivity index (χ2n) is 6.22. The lowest BCUT2D eigenvalue weighted by Gasteiger charge is -2.39.